The van der Waals surface area contributed by atoms with Crippen molar-refractivity contribution in [3.05, 3.63) is 11.6 Å². The molecule has 15 heavy (non-hydrogen) atoms. The zero-order valence-corrected chi connectivity index (χ0v) is 10.1. The molecule has 0 aliphatic carbocycles. The van der Waals surface area contributed by atoms with Crippen LogP contribution in [0.2, 0.25) is 0 Å². The van der Waals surface area contributed by atoms with Crippen LogP contribution in [-0.4, -0.2) is 17.4 Å². The van der Waals surface area contributed by atoms with Crippen LogP contribution < -0.4 is 0 Å². The largest absolute Gasteiger partial charge is 0.433 e. The number of allylic oxidation sites excluding steroid dienone is 1. The van der Waals surface area contributed by atoms with Crippen LogP contribution in [0.1, 0.15) is 47.0 Å². The number of ether oxygens (including phenoxy) is 1. The molecule has 0 amide bonds. The minimum Gasteiger partial charge on any atom is -0.433 e. The molecule has 0 fully saturated rings. The Morgan fingerprint density at radius 1 is 1.40 bits per heavy atom. The monoisotopic (exact) mass is 214 g/mol. The quantitative estimate of drug-likeness (QED) is 0.420. The fourth-order valence-corrected chi connectivity index (χ4v) is 1.17. The van der Waals surface area contributed by atoms with E-state index in [1.165, 1.54) is 6.92 Å². The molecule has 0 bridgehead atoms. The summed E-state index contributed by atoms with van der Waals surface area (Å²) in [5, 5.41) is 8.95. The van der Waals surface area contributed by atoms with Crippen molar-refractivity contribution in [3.8, 4) is 0 Å². The van der Waals surface area contributed by atoms with Gasteiger partial charge in [-0.3, -0.25) is 0 Å². The Labute approximate surface area is 92.1 Å². The maximum absolute atomic E-state index is 11.5. The van der Waals surface area contributed by atoms with Crippen molar-refractivity contribution in [1.82, 2.24) is 0 Å². The van der Waals surface area contributed by atoms with Crippen LogP contribution in [0, 0.1) is 5.92 Å². The van der Waals surface area contributed by atoms with E-state index in [4.69, 9.17) is 9.84 Å². The van der Waals surface area contributed by atoms with E-state index in [1.807, 2.05) is 13.0 Å². The predicted octanol–water partition coefficient (Wildman–Crippen LogP) is 2.64. The minimum absolute atomic E-state index is 0.396. The summed E-state index contributed by atoms with van der Waals surface area (Å²) in [6.07, 6.45) is 3.36. The number of carbonyl (C=O) groups is 1. The van der Waals surface area contributed by atoms with Gasteiger partial charge in [0.15, 0.2) is 6.29 Å². The van der Waals surface area contributed by atoms with Gasteiger partial charge in [-0.25, -0.2) is 4.79 Å². The molecule has 3 nitrogen and oxygen atoms in total. The van der Waals surface area contributed by atoms with Gasteiger partial charge in [0.25, 0.3) is 0 Å². The fraction of sp³-hybridized carbons (Fsp3) is 0.750. The van der Waals surface area contributed by atoms with Gasteiger partial charge in [-0.1, -0.05) is 33.3 Å². The molecule has 0 spiro atoms. The van der Waals surface area contributed by atoms with Gasteiger partial charge in [0.1, 0.15) is 0 Å². The van der Waals surface area contributed by atoms with Crippen LogP contribution in [0.4, 0.5) is 0 Å². The highest BCUT2D eigenvalue weighted by atomic mass is 16.6. The molecule has 0 aromatic carbocycles. The van der Waals surface area contributed by atoms with Gasteiger partial charge >= 0.3 is 5.97 Å². The van der Waals surface area contributed by atoms with E-state index < -0.39 is 12.3 Å². The molecule has 0 radical (unpaired) electrons. The summed E-state index contributed by atoms with van der Waals surface area (Å²) in [6.45, 7) is 7.64. The number of rotatable bonds is 6. The van der Waals surface area contributed by atoms with E-state index in [0.717, 1.165) is 12.8 Å². The Balaban J connectivity index is 4.36. The maximum Gasteiger partial charge on any atom is 0.335 e. The molecule has 88 valence electrons. The summed E-state index contributed by atoms with van der Waals surface area (Å²) in [5.74, 6) is 0.128. The lowest BCUT2D eigenvalue weighted by Crippen LogP contribution is -2.16. The molecule has 0 heterocycles. The molecule has 1 unspecified atom stereocenters. The lowest BCUT2D eigenvalue weighted by molar-refractivity contribution is -0.160. The molecule has 0 rings (SSSR count). The molecule has 1 atom stereocenters. The Kier molecular flexibility index (Phi) is 7.05. The summed E-state index contributed by atoms with van der Waals surface area (Å²) in [5.41, 5.74) is 0.673. The molecule has 0 saturated heterocycles. The smallest absolute Gasteiger partial charge is 0.335 e. The SMILES string of the molecule is CCCC(=CCC(C)C)C(=O)OC(C)O. The Bertz CT molecular complexity index is 217. The van der Waals surface area contributed by atoms with Gasteiger partial charge < -0.3 is 9.84 Å². The summed E-state index contributed by atoms with van der Waals surface area (Å²) in [4.78, 5) is 11.5. The molecule has 0 aliphatic heterocycles. The van der Waals surface area contributed by atoms with Crippen molar-refractivity contribution in [2.45, 2.75) is 53.2 Å². The maximum atomic E-state index is 11.5. The van der Waals surface area contributed by atoms with E-state index in [2.05, 4.69) is 13.8 Å². The van der Waals surface area contributed by atoms with E-state index >= 15 is 0 Å². The first-order valence-corrected chi connectivity index (χ1v) is 5.55. The predicted molar refractivity (Wildman–Crippen MR) is 60.2 cm³/mol. The van der Waals surface area contributed by atoms with Crippen LogP contribution in [-0.2, 0) is 9.53 Å². The molecule has 0 aromatic rings. The summed E-state index contributed by atoms with van der Waals surface area (Å²) < 4.78 is 4.75. The van der Waals surface area contributed by atoms with Gasteiger partial charge in [0.05, 0.1) is 0 Å². The third-order valence-corrected chi connectivity index (χ3v) is 1.89. The van der Waals surface area contributed by atoms with Crippen LogP contribution in [0.5, 0.6) is 0 Å². The highest BCUT2D eigenvalue weighted by Crippen LogP contribution is 2.12. The van der Waals surface area contributed by atoms with Crippen LogP contribution in [0.3, 0.4) is 0 Å². The van der Waals surface area contributed by atoms with E-state index in [0.29, 0.717) is 17.9 Å². The highest BCUT2D eigenvalue weighted by molar-refractivity contribution is 5.88. The van der Waals surface area contributed by atoms with Crippen molar-refractivity contribution < 1.29 is 14.6 Å². The first-order valence-electron chi connectivity index (χ1n) is 5.55. The second-order valence-corrected chi connectivity index (χ2v) is 4.11. The van der Waals surface area contributed by atoms with Crippen LogP contribution in [0.15, 0.2) is 11.6 Å². The number of carbonyl (C=O) groups excluding carboxylic acids is 1. The Morgan fingerprint density at radius 3 is 2.40 bits per heavy atom. The highest BCUT2D eigenvalue weighted by Gasteiger charge is 2.12. The minimum atomic E-state index is -1.03. The van der Waals surface area contributed by atoms with Crippen LogP contribution >= 0.6 is 0 Å². The normalized spacial score (nSPS) is 14.1. The number of aliphatic hydroxyl groups excluding tert-OH is 1. The van der Waals surface area contributed by atoms with Gasteiger partial charge in [0.2, 0.25) is 0 Å². The van der Waals surface area contributed by atoms with Crippen molar-refractivity contribution >= 4 is 5.97 Å². The number of esters is 1. The number of aliphatic hydroxyl groups is 1. The fourth-order valence-electron chi connectivity index (χ4n) is 1.17. The summed E-state index contributed by atoms with van der Waals surface area (Å²) in [6, 6.07) is 0. The van der Waals surface area contributed by atoms with E-state index in [1.54, 1.807) is 0 Å². The molecule has 3 heteroatoms. The zero-order chi connectivity index (χ0) is 11.8. The molecule has 0 aromatic heterocycles. The molecule has 0 saturated carbocycles. The second kappa shape index (κ2) is 7.46. The van der Waals surface area contributed by atoms with Gasteiger partial charge in [-0.2, -0.15) is 0 Å². The topological polar surface area (TPSA) is 46.5 Å². The summed E-state index contributed by atoms with van der Waals surface area (Å²) in [7, 11) is 0. The van der Waals surface area contributed by atoms with Crippen molar-refractivity contribution in [2.24, 2.45) is 5.92 Å². The zero-order valence-electron chi connectivity index (χ0n) is 10.1. The number of hydrogen-bond acceptors (Lipinski definition) is 3. The third-order valence-electron chi connectivity index (χ3n) is 1.89. The third kappa shape index (κ3) is 7.14. The molecule has 0 aliphatic rings. The lowest BCUT2D eigenvalue weighted by Gasteiger charge is -2.10. The van der Waals surface area contributed by atoms with Gasteiger partial charge in [-0.15, -0.1) is 0 Å². The molecule has 1 N–H and O–H groups in total. The van der Waals surface area contributed by atoms with E-state index in [9.17, 15) is 4.79 Å². The Hall–Kier alpha value is -0.830. The summed E-state index contributed by atoms with van der Waals surface area (Å²) >= 11 is 0. The van der Waals surface area contributed by atoms with Crippen LogP contribution in [0.25, 0.3) is 0 Å². The van der Waals surface area contributed by atoms with Gasteiger partial charge in [0, 0.05) is 5.57 Å². The molecular formula is C12H22O3. The first-order chi connectivity index (χ1) is 6.97. The lowest BCUT2D eigenvalue weighted by atomic mass is 10.0. The van der Waals surface area contributed by atoms with Gasteiger partial charge in [-0.05, 0) is 25.7 Å². The van der Waals surface area contributed by atoms with Crippen molar-refractivity contribution in [1.29, 1.82) is 0 Å². The average molecular weight is 214 g/mol. The average Bonchev–Trinajstić information content (AvgIpc) is 2.10. The second-order valence-electron chi connectivity index (χ2n) is 4.11. The Morgan fingerprint density at radius 2 is 2.00 bits per heavy atom. The molecular weight excluding hydrogens is 192 g/mol. The first kappa shape index (κ1) is 14.2. The number of hydrogen-bond donors (Lipinski definition) is 1. The van der Waals surface area contributed by atoms with E-state index in [-0.39, 0.29) is 0 Å². The standard InChI is InChI=1S/C12H22O3/c1-5-6-11(8-7-9(2)3)12(14)15-10(4)13/h8-10,13H,5-7H2,1-4H3. The van der Waals surface area contributed by atoms with Crippen molar-refractivity contribution in [2.75, 3.05) is 0 Å². The van der Waals surface area contributed by atoms with Crippen molar-refractivity contribution in [3.63, 3.8) is 0 Å².